The average molecular weight is 356 g/mol. The van der Waals surface area contributed by atoms with Gasteiger partial charge >= 0.3 is 0 Å². The van der Waals surface area contributed by atoms with Gasteiger partial charge in [0, 0.05) is 13.1 Å². The van der Waals surface area contributed by atoms with Gasteiger partial charge in [-0.1, -0.05) is 6.08 Å². The average Bonchev–Trinajstić information content (AvgIpc) is 2.59. The molecule has 24 heavy (non-hydrogen) atoms. The first-order chi connectivity index (χ1) is 11.4. The van der Waals surface area contributed by atoms with Crippen molar-refractivity contribution in [2.75, 3.05) is 40.5 Å². The molecule has 0 amide bonds. The third-order valence-corrected chi connectivity index (χ3v) is 5.37. The van der Waals surface area contributed by atoms with Crippen LogP contribution < -0.4 is 14.6 Å². The summed E-state index contributed by atoms with van der Waals surface area (Å²) < 4.78 is 42.7. The third-order valence-electron chi connectivity index (χ3n) is 3.47. The van der Waals surface area contributed by atoms with Gasteiger partial charge in [-0.15, -0.1) is 0 Å². The second-order valence-corrected chi connectivity index (χ2v) is 6.83. The van der Waals surface area contributed by atoms with E-state index < -0.39 is 16.0 Å². The number of carboxylic acid groups (broad SMARTS) is 1. The number of carbonyl (C=O) groups excluding carboxylic acids is 1. The van der Waals surface area contributed by atoms with E-state index in [9.17, 15) is 18.3 Å². The smallest absolute Gasteiger partial charge is 0.247 e. The van der Waals surface area contributed by atoms with Gasteiger partial charge in [0.2, 0.25) is 10.0 Å². The maximum absolute atomic E-state index is 12.9. The molecule has 0 atom stereocenters. The fourth-order valence-corrected chi connectivity index (χ4v) is 3.94. The molecule has 2 rings (SSSR count). The summed E-state index contributed by atoms with van der Waals surface area (Å²) in [6.45, 7) is 1.08. The lowest BCUT2D eigenvalue weighted by atomic mass is 10.2. The van der Waals surface area contributed by atoms with E-state index in [1.807, 2.05) is 0 Å². The molecular weight excluding hydrogens is 338 g/mol. The number of rotatable bonds is 6. The fourth-order valence-electron chi connectivity index (χ4n) is 2.33. The summed E-state index contributed by atoms with van der Waals surface area (Å²) in [5.41, 5.74) is 0.337. The van der Waals surface area contributed by atoms with E-state index in [-0.39, 0.29) is 29.5 Å². The summed E-state index contributed by atoms with van der Waals surface area (Å²) >= 11 is 0. The maximum Gasteiger partial charge on any atom is 0.247 e. The van der Waals surface area contributed by atoms with Gasteiger partial charge in [-0.25, -0.2) is 8.42 Å². The summed E-state index contributed by atoms with van der Waals surface area (Å²) in [5.74, 6) is -1.14. The number of hydrogen-bond acceptors (Lipinski definition) is 7. The Kier molecular flexibility index (Phi) is 5.81. The van der Waals surface area contributed by atoms with Gasteiger partial charge in [0.1, 0.15) is 4.90 Å². The van der Waals surface area contributed by atoms with Crippen LogP contribution in [0.15, 0.2) is 23.1 Å². The summed E-state index contributed by atoms with van der Waals surface area (Å²) in [4.78, 5) is 10.5. The Hall–Kier alpha value is -2.10. The molecular formula is C15H18NO7S-. The first-order valence-electron chi connectivity index (χ1n) is 7.13. The number of sulfonamides is 1. The topological polar surface area (TPSA) is 105 Å². The molecule has 0 unspecified atom stereocenters. The molecule has 0 spiro atoms. The summed E-state index contributed by atoms with van der Waals surface area (Å²) in [6.07, 6.45) is 2.04. The van der Waals surface area contributed by atoms with E-state index in [0.29, 0.717) is 18.8 Å². The molecule has 1 aromatic carbocycles. The predicted molar refractivity (Wildman–Crippen MR) is 83.2 cm³/mol. The number of hydrogen-bond donors (Lipinski definition) is 0. The van der Waals surface area contributed by atoms with E-state index in [1.54, 1.807) is 0 Å². The normalized spacial score (nSPS) is 16.2. The highest BCUT2D eigenvalue weighted by Gasteiger charge is 2.31. The molecule has 0 bridgehead atoms. The van der Waals surface area contributed by atoms with Crippen LogP contribution in [0.1, 0.15) is 5.56 Å². The number of ether oxygens (including phenoxy) is 3. The van der Waals surface area contributed by atoms with Gasteiger partial charge in [-0.3, -0.25) is 0 Å². The van der Waals surface area contributed by atoms with Gasteiger partial charge in [0.15, 0.2) is 11.5 Å². The lowest BCUT2D eigenvalue weighted by molar-refractivity contribution is -0.297. The van der Waals surface area contributed by atoms with Crippen molar-refractivity contribution in [3.05, 3.63) is 23.8 Å². The van der Waals surface area contributed by atoms with E-state index in [0.717, 1.165) is 6.08 Å². The maximum atomic E-state index is 12.9. The van der Waals surface area contributed by atoms with Crippen LogP contribution in [0.4, 0.5) is 0 Å². The highest BCUT2D eigenvalue weighted by molar-refractivity contribution is 7.89. The number of nitrogens with zero attached hydrogens (tertiary/aromatic N) is 1. The van der Waals surface area contributed by atoms with Crippen molar-refractivity contribution in [1.29, 1.82) is 0 Å². The molecule has 8 nitrogen and oxygen atoms in total. The zero-order chi connectivity index (χ0) is 17.7. The molecule has 1 aromatic rings. The highest BCUT2D eigenvalue weighted by Crippen LogP contribution is 2.37. The lowest BCUT2D eigenvalue weighted by Crippen LogP contribution is -2.40. The molecule has 1 aliphatic rings. The number of carboxylic acids is 1. The molecule has 0 aliphatic carbocycles. The largest absolute Gasteiger partial charge is 0.545 e. The quantitative estimate of drug-likeness (QED) is 0.632. The van der Waals surface area contributed by atoms with Crippen LogP contribution in [0.2, 0.25) is 0 Å². The molecule has 0 saturated carbocycles. The molecule has 0 aromatic heterocycles. The van der Waals surface area contributed by atoms with Crippen molar-refractivity contribution in [3.63, 3.8) is 0 Å². The van der Waals surface area contributed by atoms with Crippen LogP contribution in [0.5, 0.6) is 11.5 Å². The van der Waals surface area contributed by atoms with E-state index in [1.165, 1.54) is 36.7 Å². The van der Waals surface area contributed by atoms with Crippen molar-refractivity contribution < 1.29 is 32.5 Å². The Balaban J connectivity index is 2.56. The van der Waals surface area contributed by atoms with Gasteiger partial charge in [-0.2, -0.15) is 4.31 Å². The van der Waals surface area contributed by atoms with Gasteiger partial charge in [-0.05, 0) is 23.8 Å². The summed E-state index contributed by atoms with van der Waals surface area (Å²) in [5, 5.41) is 10.6. The Morgan fingerprint density at radius 3 is 2.46 bits per heavy atom. The minimum atomic E-state index is -3.85. The highest BCUT2D eigenvalue weighted by atomic mass is 32.2. The number of benzene rings is 1. The van der Waals surface area contributed by atoms with Crippen LogP contribution in [-0.2, 0) is 19.6 Å². The minimum absolute atomic E-state index is 0.0644. The summed E-state index contributed by atoms with van der Waals surface area (Å²) in [7, 11) is -1.14. The number of methoxy groups -OCH3 is 2. The third kappa shape index (κ3) is 3.86. The molecule has 0 radical (unpaired) electrons. The van der Waals surface area contributed by atoms with E-state index in [4.69, 9.17) is 14.2 Å². The fraction of sp³-hybridized carbons (Fsp3) is 0.400. The minimum Gasteiger partial charge on any atom is -0.545 e. The Morgan fingerprint density at radius 1 is 1.25 bits per heavy atom. The summed E-state index contributed by atoms with van der Waals surface area (Å²) in [6, 6.07) is 2.82. The van der Waals surface area contributed by atoms with Crippen molar-refractivity contribution in [2.45, 2.75) is 4.90 Å². The molecule has 132 valence electrons. The number of morpholine rings is 1. The second-order valence-electron chi connectivity index (χ2n) is 4.92. The number of carbonyl (C=O) groups is 1. The molecule has 0 N–H and O–H groups in total. The van der Waals surface area contributed by atoms with Gasteiger partial charge in [0.25, 0.3) is 0 Å². The van der Waals surface area contributed by atoms with Crippen LogP contribution in [-0.4, -0.2) is 59.2 Å². The SMILES string of the molecule is COc1cc(/C=C/C(=O)[O-])cc(S(=O)(=O)N2CCOCC2)c1OC. The Morgan fingerprint density at radius 2 is 1.92 bits per heavy atom. The van der Waals surface area contributed by atoms with Crippen molar-refractivity contribution in [2.24, 2.45) is 0 Å². The van der Waals surface area contributed by atoms with Crippen LogP contribution in [0.3, 0.4) is 0 Å². The second kappa shape index (κ2) is 7.65. The van der Waals surface area contributed by atoms with E-state index in [2.05, 4.69) is 0 Å². The Bertz CT molecular complexity index is 736. The van der Waals surface area contributed by atoms with Crippen LogP contribution in [0.25, 0.3) is 6.08 Å². The Labute approximate surface area is 140 Å². The predicted octanol–water partition coefficient (Wildman–Crippen LogP) is -0.512. The van der Waals surface area contributed by atoms with Crippen molar-refractivity contribution >= 4 is 22.1 Å². The van der Waals surface area contributed by atoms with Crippen LogP contribution >= 0.6 is 0 Å². The zero-order valence-electron chi connectivity index (χ0n) is 13.4. The molecule has 1 fully saturated rings. The molecule has 1 heterocycles. The van der Waals surface area contributed by atoms with Crippen molar-refractivity contribution in [3.8, 4) is 11.5 Å². The van der Waals surface area contributed by atoms with Crippen LogP contribution in [0, 0.1) is 0 Å². The lowest BCUT2D eigenvalue weighted by Gasteiger charge is -2.27. The first kappa shape index (κ1) is 18.2. The first-order valence-corrected chi connectivity index (χ1v) is 8.57. The standard InChI is InChI=1S/C15H19NO7S/c1-21-12-9-11(3-4-14(17)18)10-13(15(12)22-2)24(19,20)16-5-7-23-8-6-16/h3-4,9-10H,5-8H2,1-2H3,(H,17,18)/p-1/b4-3+. The zero-order valence-corrected chi connectivity index (χ0v) is 14.2. The monoisotopic (exact) mass is 356 g/mol. The van der Waals surface area contributed by atoms with Gasteiger partial charge in [0.05, 0.1) is 33.4 Å². The van der Waals surface area contributed by atoms with Gasteiger partial charge < -0.3 is 24.1 Å². The molecule has 9 heteroatoms. The molecule has 1 aliphatic heterocycles. The van der Waals surface area contributed by atoms with E-state index >= 15 is 0 Å². The number of aliphatic carboxylic acids is 1. The molecule has 1 saturated heterocycles. The van der Waals surface area contributed by atoms with Crippen molar-refractivity contribution in [1.82, 2.24) is 4.31 Å².